The molecule has 0 spiro atoms. The van der Waals surface area contributed by atoms with Gasteiger partial charge in [0.05, 0.1) is 24.0 Å². The smallest absolute Gasteiger partial charge is 0.229 e. The standard InChI is InChI=1S/C17H18BrN5O2/c1-22(2)17-19-8-13(9-20-17)21-16(25)11-6-15(24)23(10-11)14-5-3-4-12(18)7-14/h3-5,7-9,11H,6,10H2,1-2H3,(H,21,25). The number of nitrogens with zero attached hydrogens (tertiary/aromatic N) is 4. The van der Waals surface area contributed by atoms with Crippen molar-refractivity contribution >= 4 is 45.1 Å². The van der Waals surface area contributed by atoms with E-state index in [1.54, 1.807) is 22.2 Å². The van der Waals surface area contributed by atoms with Gasteiger partial charge in [-0.1, -0.05) is 22.0 Å². The van der Waals surface area contributed by atoms with Crippen LogP contribution in [0.25, 0.3) is 0 Å². The number of hydrogen-bond donors (Lipinski definition) is 1. The van der Waals surface area contributed by atoms with Crippen molar-refractivity contribution in [2.75, 3.05) is 35.8 Å². The van der Waals surface area contributed by atoms with Gasteiger partial charge in [-0.25, -0.2) is 9.97 Å². The lowest BCUT2D eigenvalue weighted by Crippen LogP contribution is -2.28. The molecule has 1 fully saturated rings. The lowest BCUT2D eigenvalue weighted by atomic mass is 10.1. The molecule has 25 heavy (non-hydrogen) atoms. The Hall–Kier alpha value is -2.48. The van der Waals surface area contributed by atoms with Gasteiger partial charge in [0.15, 0.2) is 0 Å². The highest BCUT2D eigenvalue weighted by Crippen LogP contribution is 2.28. The Kier molecular flexibility index (Phi) is 4.98. The van der Waals surface area contributed by atoms with Gasteiger partial charge < -0.3 is 15.1 Å². The number of carbonyl (C=O) groups is 2. The Labute approximate surface area is 154 Å². The Morgan fingerprint density at radius 3 is 2.68 bits per heavy atom. The maximum Gasteiger partial charge on any atom is 0.229 e. The number of amides is 2. The van der Waals surface area contributed by atoms with Gasteiger partial charge in [0.1, 0.15) is 0 Å². The molecular weight excluding hydrogens is 386 g/mol. The molecule has 1 aromatic carbocycles. The van der Waals surface area contributed by atoms with E-state index in [4.69, 9.17) is 0 Å². The first-order valence-corrected chi connectivity index (χ1v) is 8.59. The van der Waals surface area contributed by atoms with Crippen LogP contribution in [0.4, 0.5) is 17.3 Å². The predicted molar refractivity (Wildman–Crippen MR) is 99.6 cm³/mol. The number of carbonyl (C=O) groups excluding carboxylic acids is 2. The average Bonchev–Trinajstić information content (AvgIpc) is 2.97. The highest BCUT2D eigenvalue weighted by atomic mass is 79.9. The van der Waals surface area contributed by atoms with E-state index in [0.717, 1.165) is 10.2 Å². The summed E-state index contributed by atoms with van der Waals surface area (Å²) in [5.74, 6) is -0.0978. The van der Waals surface area contributed by atoms with E-state index in [-0.39, 0.29) is 18.2 Å². The zero-order valence-electron chi connectivity index (χ0n) is 13.9. The lowest BCUT2D eigenvalue weighted by molar-refractivity contribution is -0.122. The molecule has 1 aliphatic rings. The summed E-state index contributed by atoms with van der Waals surface area (Å²) in [6.07, 6.45) is 3.31. The molecular formula is C17H18BrN5O2. The minimum atomic E-state index is -0.403. The quantitative estimate of drug-likeness (QED) is 0.846. The topological polar surface area (TPSA) is 78.4 Å². The van der Waals surface area contributed by atoms with Crippen LogP contribution in [-0.2, 0) is 9.59 Å². The van der Waals surface area contributed by atoms with E-state index in [2.05, 4.69) is 31.2 Å². The van der Waals surface area contributed by atoms with E-state index in [9.17, 15) is 9.59 Å². The molecule has 0 bridgehead atoms. The van der Waals surface area contributed by atoms with E-state index in [0.29, 0.717) is 18.2 Å². The average molecular weight is 404 g/mol. The molecule has 1 aromatic heterocycles. The highest BCUT2D eigenvalue weighted by molar-refractivity contribution is 9.10. The van der Waals surface area contributed by atoms with Crippen LogP contribution < -0.4 is 15.1 Å². The minimum absolute atomic E-state index is 0.0579. The molecule has 1 aliphatic heterocycles. The number of aromatic nitrogens is 2. The molecule has 2 aromatic rings. The Morgan fingerprint density at radius 2 is 2.04 bits per heavy atom. The number of nitrogens with one attached hydrogen (secondary N) is 1. The molecule has 0 saturated carbocycles. The first-order valence-electron chi connectivity index (χ1n) is 7.80. The van der Waals surface area contributed by atoms with Crippen LogP contribution in [0.15, 0.2) is 41.1 Å². The van der Waals surface area contributed by atoms with Crippen LogP contribution in [-0.4, -0.2) is 42.4 Å². The lowest BCUT2D eigenvalue weighted by Gasteiger charge is -2.17. The molecule has 1 saturated heterocycles. The fourth-order valence-electron chi connectivity index (χ4n) is 2.64. The maximum absolute atomic E-state index is 12.5. The van der Waals surface area contributed by atoms with Crippen LogP contribution in [0.1, 0.15) is 6.42 Å². The van der Waals surface area contributed by atoms with Crippen molar-refractivity contribution in [2.45, 2.75) is 6.42 Å². The number of anilines is 3. The molecule has 0 radical (unpaired) electrons. The second-order valence-corrected chi connectivity index (χ2v) is 6.96. The second kappa shape index (κ2) is 7.18. The first kappa shape index (κ1) is 17.3. The van der Waals surface area contributed by atoms with E-state index in [1.165, 1.54) is 0 Å². The van der Waals surface area contributed by atoms with Crippen molar-refractivity contribution in [1.29, 1.82) is 0 Å². The molecule has 1 N–H and O–H groups in total. The number of benzene rings is 1. The summed E-state index contributed by atoms with van der Waals surface area (Å²) in [4.78, 5) is 36.5. The fourth-order valence-corrected chi connectivity index (χ4v) is 3.02. The third-order valence-corrected chi connectivity index (χ3v) is 4.41. The molecule has 2 heterocycles. The predicted octanol–water partition coefficient (Wildman–Crippen LogP) is 2.30. The van der Waals surface area contributed by atoms with Crippen LogP contribution in [0.2, 0.25) is 0 Å². The van der Waals surface area contributed by atoms with Gasteiger partial charge in [0.2, 0.25) is 17.8 Å². The first-order chi connectivity index (χ1) is 11.9. The Morgan fingerprint density at radius 1 is 1.32 bits per heavy atom. The summed E-state index contributed by atoms with van der Waals surface area (Å²) in [5, 5.41) is 2.78. The highest BCUT2D eigenvalue weighted by Gasteiger charge is 2.35. The molecule has 2 amide bonds. The maximum atomic E-state index is 12.5. The number of rotatable bonds is 4. The summed E-state index contributed by atoms with van der Waals surface area (Å²) in [6.45, 7) is 0.359. The number of halogens is 1. The molecule has 0 aliphatic carbocycles. The third-order valence-electron chi connectivity index (χ3n) is 3.92. The van der Waals surface area contributed by atoms with Gasteiger partial charge in [0, 0.05) is 37.2 Å². The fraction of sp³-hybridized carbons (Fsp3) is 0.294. The van der Waals surface area contributed by atoms with Crippen LogP contribution in [0.3, 0.4) is 0 Å². The monoisotopic (exact) mass is 403 g/mol. The summed E-state index contributed by atoms with van der Waals surface area (Å²) in [7, 11) is 3.68. The largest absolute Gasteiger partial charge is 0.347 e. The van der Waals surface area contributed by atoms with Crippen LogP contribution >= 0.6 is 15.9 Å². The van der Waals surface area contributed by atoms with E-state index < -0.39 is 5.92 Å². The van der Waals surface area contributed by atoms with Crippen LogP contribution in [0, 0.1) is 5.92 Å². The summed E-state index contributed by atoms with van der Waals surface area (Å²) in [5.41, 5.74) is 1.30. The van der Waals surface area contributed by atoms with Crippen molar-refractivity contribution in [3.63, 3.8) is 0 Å². The van der Waals surface area contributed by atoms with E-state index in [1.807, 2.05) is 38.4 Å². The molecule has 1 unspecified atom stereocenters. The van der Waals surface area contributed by atoms with E-state index >= 15 is 0 Å². The van der Waals surface area contributed by atoms with Crippen molar-refractivity contribution in [2.24, 2.45) is 5.92 Å². The number of hydrogen-bond acceptors (Lipinski definition) is 5. The minimum Gasteiger partial charge on any atom is -0.347 e. The van der Waals surface area contributed by atoms with Crippen molar-refractivity contribution < 1.29 is 9.59 Å². The summed E-state index contributed by atoms with van der Waals surface area (Å²) < 4.78 is 0.892. The van der Waals surface area contributed by atoms with Crippen molar-refractivity contribution in [3.05, 3.63) is 41.1 Å². The van der Waals surface area contributed by atoms with Crippen LogP contribution in [0.5, 0.6) is 0 Å². The van der Waals surface area contributed by atoms with Gasteiger partial charge in [-0.3, -0.25) is 9.59 Å². The molecule has 7 nitrogen and oxygen atoms in total. The normalized spacial score (nSPS) is 16.8. The zero-order valence-corrected chi connectivity index (χ0v) is 15.5. The van der Waals surface area contributed by atoms with Gasteiger partial charge in [0.25, 0.3) is 0 Å². The molecule has 8 heteroatoms. The Balaban J connectivity index is 1.66. The molecule has 3 rings (SSSR count). The van der Waals surface area contributed by atoms with Gasteiger partial charge in [-0.05, 0) is 18.2 Å². The van der Waals surface area contributed by atoms with Crippen molar-refractivity contribution in [3.8, 4) is 0 Å². The van der Waals surface area contributed by atoms with Gasteiger partial charge >= 0.3 is 0 Å². The SMILES string of the molecule is CN(C)c1ncc(NC(=O)C2CC(=O)N(c3cccc(Br)c3)C2)cn1. The summed E-state index contributed by atoms with van der Waals surface area (Å²) >= 11 is 3.40. The zero-order chi connectivity index (χ0) is 18.0. The van der Waals surface area contributed by atoms with Gasteiger partial charge in [-0.2, -0.15) is 0 Å². The Bertz CT molecular complexity index is 794. The third kappa shape index (κ3) is 3.96. The molecule has 1 atom stereocenters. The van der Waals surface area contributed by atoms with Crippen molar-refractivity contribution in [1.82, 2.24) is 9.97 Å². The molecule has 130 valence electrons. The summed E-state index contributed by atoms with van der Waals surface area (Å²) in [6, 6.07) is 7.48. The van der Waals surface area contributed by atoms with Gasteiger partial charge in [-0.15, -0.1) is 0 Å². The second-order valence-electron chi connectivity index (χ2n) is 6.04.